The van der Waals surface area contributed by atoms with Crippen molar-refractivity contribution in [3.05, 3.63) is 35.4 Å². The molecular formula is C19H32N2. The van der Waals surface area contributed by atoms with E-state index in [1.54, 1.807) is 0 Å². The van der Waals surface area contributed by atoms with Crippen LogP contribution in [0.3, 0.4) is 0 Å². The van der Waals surface area contributed by atoms with Crippen molar-refractivity contribution >= 4 is 0 Å². The molecule has 0 amide bonds. The third-order valence-corrected chi connectivity index (χ3v) is 4.53. The molecule has 1 aromatic rings. The van der Waals surface area contributed by atoms with E-state index < -0.39 is 0 Å². The predicted octanol–water partition coefficient (Wildman–Crippen LogP) is 3.71. The van der Waals surface area contributed by atoms with Gasteiger partial charge in [0.2, 0.25) is 0 Å². The van der Waals surface area contributed by atoms with E-state index in [9.17, 15) is 0 Å². The van der Waals surface area contributed by atoms with Gasteiger partial charge in [0.25, 0.3) is 0 Å². The van der Waals surface area contributed by atoms with Crippen LogP contribution in [0.1, 0.15) is 44.7 Å². The lowest BCUT2D eigenvalue weighted by Gasteiger charge is -2.32. The Morgan fingerprint density at radius 3 is 2.29 bits per heavy atom. The molecule has 0 aliphatic carbocycles. The highest BCUT2D eigenvalue weighted by Gasteiger charge is 2.18. The van der Waals surface area contributed by atoms with Crippen LogP contribution in [-0.2, 0) is 13.0 Å². The van der Waals surface area contributed by atoms with Gasteiger partial charge in [0.1, 0.15) is 0 Å². The fraction of sp³-hybridized carbons (Fsp3) is 0.684. The molecule has 1 N–H and O–H groups in total. The zero-order valence-electron chi connectivity index (χ0n) is 14.1. The van der Waals surface area contributed by atoms with E-state index in [4.69, 9.17) is 0 Å². The molecule has 1 aromatic carbocycles. The molecule has 0 atom stereocenters. The van der Waals surface area contributed by atoms with Gasteiger partial charge in [0, 0.05) is 6.54 Å². The Kier molecular flexibility index (Phi) is 6.72. The number of likely N-dealkylation sites (tertiary alicyclic amines) is 1. The highest BCUT2D eigenvalue weighted by atomic mass is 15.1. The number of hydrogen-bond acceptors (Lipinski definition) is 2. The quantitative estimate of drug-likeness (QED) is 0.823. The lowest BCUT2D eigenvalue weighted by atomic mass is 9.96. The van der Waals surface area contributed by atoms with Crippen molar-refractivity contribution < 1.29 is 0 Å². The van der Waals surface area contributed by atoms with Gasteiger partial charge in [0.15, 0.2) is 0 Å². The second-order valence-corrected chi connectivity index (χ2v) is 6.94. The minimum Gasteiger partial charge on any atom is -0.316 e. The van der Waals surface area contributed by atoms with E-state index in [2.05, 4.69) is 55.3 Å². The Labute approximate surface area is 130 Å². The molecular weight excluding hydrogens is 256 g/mol. The Morgan fingerprint density at radius 2 is 1.71 bits per heavy atom. The third kappa shape index (κ3) is 5.80. The Balaban J connectivity index is 1.68. The number of hydrogen-bond donors (Lipinski definition) is 1. The van der Waals surface area contributed by atoms with Crippen molar-refractivity contribution in [2.45, 2.75) is 46.6 Å². The van der Waals surface area contributed by atoms with Gasteiger partial charge >= 0.3 is 0 Å². The van der Waals surface area contributed by atoms with E-state index in [0.717, 1.165) is 31.3 Å². The molecule has 1 saturated heterocycles. The largest absolute Gasteiger partial charge is 0.316 e. The number of nitrogens with zero attached hydrogens (tertiary/aromatic N) is 1. The average molecular weight is 288 g/mol. The summed E-state index contributed by atoms with van der Waals surface area (Å²) in [4.78, 5) is 2.61. The van der Waals surface area contributed by atoms with Crippen LogP contribution >= 0.6 is 0 Å². The molecule has 0 spiro atoms. The Hall–Kier alpha value is -0.860. The van der Waals surface area contributed by atoms with Gasteiger partial charge in [-0.3, -0.25) is 4.90 Å². The zero-order chi connectivity index (χ0) is 15.1. The molecule has 2 heteroatoms. The van der Waals surface area contributed by atoms with E-state index in [1.165, 1.54) is 43.6 Å². The molecule has 21 heavy (non-hydrogen) atoms. The minimum absolute atomic E-state index is 0.760. The topological polar surface area (TPSA) is 15.3 Å². The van der Waals surface area contributed by atoms with Gasteiger partial charge in [-0.05, 0) is 68.4 Å². The molecule has 1 heterocycles. The summed E-state index contributed by atoms with van der Waals surface area (Å²) in [6.07, 6.45) is 3.82. The summed E-state index contributed by atoms with van der Waals surface area (Å²) >= 11 is 0. The van der Waals surface area contributed by atoms with E-state index in [0.29, 0.717) is 0 Å². The van der Waals surface area contributed by atoms with Gasteiger partial charge in [-0.1, -0.05) is 45.0 Å². The summed E-state index contributed by atoms with van der Waals surface area (Å²) in [6.45, 7) is 12.8. The summed E-state index contributed by atoms with van der Waals surface area (Å²) in [5.41, 5.74) is 2.90. The van der Waals surface area contributed by atoms with E-state index >= 15 is 0 Å². The maximum Gasteiger partial charge on any atom is 0.0233 e. The first kappa shape index (κ1) is 16.5. The predicted molar refractivity (Wildman–Crippen MR) is 91.5 cm³/mol. The van der Waals surface area contributed by atoms with Crippen LogP contribution in [-0.4, -0.2) is 31.1 Å². The summed E-state index contributed by atoms with van der Waals surface area (Å²) in [7, 11) is 0. The van der Waals surface area contributed by atoms with Gasteiger partial charge in [-0.2, -0.15) is 0 Å². The molecule has 1 aliphatic heterocycles. The summed E-state index contributed by atoms with van der Waals surface area (Å²) in [5, 5.41) is 3.61. The maximum absolute atomic E-state index is 3.61. The smallest absolute Gasteiger partial charge is 0.0233 e. The Bertz CT molecular complexity index is 389. The van der Waals surface area contributed by atoms with E-state index in [-0.39, 0.29) is 0 Å². The summed E-state index contributed by atoms with van der Waals surface area (Å²) in [5.74, 6) is 1.64. The van der Waals surface area contributed by atoms with Crippen molar-refractivity contribution in [1.29, 1.82) is 0 Å². The SMILES string of the molecule is CCc1ccc(CN2CCC(CNCC(C)C)CC2)cc1. The number of aryl methyl sites for hydroxylation is 1. The second-order valence-electron chi connectivity index (χ2n) is 6.94. The van der Waals surface area contributed by atoms with Crippen molar-refractivity contribution in [2.75, 3.05) is 26.2 Å². The highest BCUT2D eigenvalue weighted by Crippen LogP contribution is 2.18. The molecule has 2 rings (SSSR count). The molecule has 118 valence electrons. The number of rotatable bonds is 7. The van der Waals surface area contributed by atoms with Crippen LogP contribution in [0.15, 0.2) is 24.3 Å². The molecule has 0 unspecified atom stereocenters. The molecule has 2 nitrogen and oxygen atoms in total. The van der Waals surface area contributed by atoms with Crippen molar-refractivity contribution in [3.63, 3.8) is 0 Å². The molecule has 1 fully saturated rings. The third-order valence-electron chi connectivity index (χ3n) is 4.53. The normalized spacial score (nSPS) is 17.5. The fourth-order valence-corrected chi connectivity index (χ4v) is 3.06. The maximum atomic E-state index is 3.61. The molecule has 0 bridgehead atoms. The second kappa shape index (κ2) is 8.55. The average Bonchev–Trinajstić information content (AvgIpc) is 2.49. The molecule has 0 saturated carbocycles. The first-order valence-corrected chi connectivity index (χ1v) is 8.68. The number of piperidine rings is 1. The van der Waals surface area contributed by atoms with Crippen molar-refractivity contribution in [1.82, 2.24) is 10.2 Å². The summed E-state index contributed by atoms with van der Waals surface area (Å²) < 4.78 is 0. The van der Waals surface area contributed by atoms with Crippen molar-refractivity contribution in [3.8, 4) is 0 Å². The van der Waals surface area contributed by atoms with Crippen LogP contribution in [0.5, 0.6) is 0 Å². The molecule has 1 aliphatic rings. The minimum atomic E-state index is 0.760. The highest BCUT2D eigenvalue weighted by molar-refractivity contribution is 5.22. The van der Waals surface area contributed by atoms with E-state index in [1.807, 2.05) is 0 Å². The van der Waals surface area contributed by atoms with Crippen LogP contribution in [0.2, 0.25) is 0 Å². The van der Waals surface area contributed by atoms with Gasteiger partial charge in [0.05, 0.1) is 0 Å². The van der Waals surface area contributed by atoms with Gasteiger partial charge in [-0.15, -0.1) is 0 Å². The monoisotopic (exact) mass is 288 g/mol. The van der Waals surface area contributed by atoms with Crippen LogP contribution in [0.25, 0.3) is 0 Å². The zero-order valence-corrected chi connectivity index (χ0v) is 14.1. The van der Waals surface area contributed by atoms with Gasteiger partial charge < -0.3 is 5.32 Å². The molecule has 0 radical (unpaired) electrons. The van der Waals surface area contributed by atoms with Crippen molar-refractivity contribution in [2.24, 2.45) is 11.8 Å². The summed E-state index contributed by atoms with van der Waals surface area (Å²) in [6, 6.07) is 9.15. The lowest BCUT2D eigenvalue weighted by Crippen LogP contribution is -2.37. The van der Waals surface area contributed by atoms with Crippen LogP contribution < -0.4 is 5.32 Å². The number of nitrogens with one attached hydrogen (secondary N) is 1. The number of benzene rings is 1. The first-order valence-electron chi connectivity index (χ1n) is 8.68. The van der Waals surface area contributed by atoms with Crippen LogP contribution in [0, 0.1) is 11.8 Å². The fourth-order valence-electron chi connectivity index (χ4n) is 3.06. The van der Waals surface area contributed by atoms with Gasteiger partial charge in [-0.25, -0.2) is 0 Å². The standard InChI is InChI=1S/C19H32N2/c1-4-17-5-7-19(8-6-17)15-21-11-9-18(10-12-21)14-20-13-16(2)3/h5-8,16,18,20H,4,9-15H2,1-3H3. The molecule has 0 aromatic heterocycles. The first-order chi connectivity index (χ1) is 10.2. The lowest BCUT2D eigenvalue weighted by molar-refractivity contribution is 0.175. The van der Waals surface area contributed by atoms with Crippen LogP contribution in [0.4, 0.5) is 0 Å². The Morgan fingerprint density at radius 1 is 1.10 bits per heavy atom.